The number of hydrogen-bond donors (Lipinski definition) is 0. The van der Waals surface area contributed by atoms with Crippen LogP contribution >= 0.6 is 0 Å². The van der Waals surface area contributed by atoms with Gasteiger partial charge >= 0.3 is 11.9 Å². The average molecular weight is 1060 g/mol. The van der Waals surface area contributed by atoms with Gasteiger partial charge in [-0.25, -0.2) is 0 Å². The Hall–Kier alpha value is -1.71. The molecule has 0 radical (unpaired) electrons. The second kappa shape index (κ2) is 58.4. The molecule has 0 aliphatic carbocycles. The molecule has 0 saturated heterocycles. The van der Waals surface area contributed by atoms with Gasteiger partial charge in [-0.2, -0.15) is 0 Å². The molecule has 0 heterocycles. The van der Waals surface area contributed by atoms with Gasteiger partial charge in [0.25, 0.3) is 0 Å². The zero-order chi connectivity index (χ0) is 54.8. The first-order valence-electron chi connectivity index (χ1n) is 33.2. The number of carbonyl (C=O) groups excluding carboxylic acids is 3. The normalized spacial score (nSPS) is 12.6. The molecule has 0 aliphatic heterocycles. The summed E-state index contributed by atoms with van der Waals surface area (Å²) in [6, 6.07) is 0. The van der Waals surface area contributed by atoms with E-state index in [1.54, 1.807) is 0 Å². The Kier molecular flexibility index (Phi) is 57.1. The van der Waals surface area contributed by atoms with E-state index < -0.39 is 24.3 Å². The second-order valence-electron chi connectivity index (χ2n) is 24.1. The number of carbonyl (C=O) groups is 3. The second-order valence-corrected chi connectivity index (χ2v) is 24.1. The van der Waals surface area contributed by atoms with Crippen LogP contribution in [-0.2, 0) is 33.3 Å². The summed E-state index contributed by atoms with van der Waals surface area (Å²) < 4.78 is 22.8. The molecular formula is C66H129NO8. The molecule has 0 bridgehead atoms. The summed E-state index contributed by atoms with van der Waals surface area (Å²) in [6.45, 7) is 4.82. The smallest absolute Gasteiger partial charge is 0.306 e. The van der Waals surface area contributed by atoms with Crippen LogP contribution in [0, 0.1) is 0 Å². The average Bonchev–Trinajstić information content (AvgIpc) is 3.38. The van der Waals surface area contributed by atoms with Crippen molar-refractivity contribution in [2.24, 2.45) is 0 Å². The Morgan fingerprint density at radius 2 is 0.600 bits per heavy atom. The zero-order valence-corrected chi connectivity index (χ0v) is 51.0. The molecule has 446 valence electrons. The minimum atomic E-state index is -1.61. The van der Waals surface area contributed by atoms with Crippen molar-refractivity contribution in [1.29, 1.82) is 0 Å². The molecule has 0 saturated carbocycles. The van der Waals surface area contributed by atoms with Crippen molar-refractivity contribution < 1.29 is 42.9 Å². The predicted octanol–water partition coefficient (Wildman–Crippen LogP) is 18.6. The van der Waals surface area contributed by atoms with Crippen LogP contribution in [0.25, 0.3) is 0 Å². The van der Waals surface area contributed by atoms with E-state index in [1.165, 1.54) is 283 Å². The maximum Gasteiger partial charge on any atom is 0.306 e. The highest BCUT2D eigenvalue weighted by Crippen LogP contribution is 2.19. The van der Waals surface area contributed by atoms with Gasteiger partial charge in [0.05, 0.1) is 40.3 Å². The first-order chi connectivity index (χ1) is 36.6. The van der Waals surface area contributed by atoms with Crippen LogP contribution in [0.3, 0.4) is 0 Å². The third-order valence-electron chi connectivity index (χ3n) is 15.4. The van der Waals surface area contributed by atoms with Crippen LogP contribution in [0.4, 0.5) is 0 Å². The van der Waals surface area contributed by atoms with Crippen molar-refractivity contribution in [2.75, 3.05) is 47.5 Å². The Bertz CT molecular complexity index is 1190. The van der Waals surface area contributed by atoms with E-state index in [4.69, 9.17) is 18.9 Å². The molecule has 0 amide bonds. The van der Waals surface area contributed by atoms with Gasteiger partial charge in [-0.3, -0.25) is 9.59 Å². The number of carboxylic acid groups (broad SMARTS) is 1. The van der Waals surface area contributed by atoms with Crippen molar-refractivity contribution in [3.63, 3.8) is 0 Å². The zero-order valence-electron chi connectivity index (χ0n) is 51.0. The quantitative estimate of drug-likeness (QED) is 0.0256. The van der Waals surface area contributed by atoms with E-state index in [2.05, 4.69) is 13.8 Å². The van der Waals surface area contributed by atoms with Crippen molar-refractivity contribution in [1.82, 2.24) is 0 Å². The number of hydrogen-bond acceptors (Lipinski definition) is 8. The summed E-state index contributed by atoms with van der Waals surface area (Å²) in [5.74, 6) is -2.25. The lowest BCUT2D eigenvalue weighted by Gasteiger charge is -2.26. The molecule has 75 heavy (non-hydrogen) atoms. The summed E-state index contributed by atoms with van der Waals surface area (Å²) in [5, 5.41) is 11.8. The van der Waals surface area contributed by atoms with E-state index >= 15 is 0 Å². The molecule has 0 aromatic rings. The molecular weight excluding hydrogens is 935 g/mol. The number of unbranched alkanes of at least 4 members (excludes halogenated alkanes) is 48. The van der Waals surface area contributed by atoms with Crippen LogP contribution in [0.1, 0.15) is 348 Å². The molecule has 2 atom stereocenters. The van der Waals surface area contributed by atoms with Crippen LogP contribution in [0.15, 0.2) is 0 Å². The topological polar surface area (TPSA) is 111 Å². The molecule has 9 heteroatoms. The van der Waals surface area contributed by atoms with Crippen LogP contribution < -0.4 is 5.11 Å². The minimum absolute atomic E-state index is 0.153. The molecule has 0 rings (SSSR count). The van der Waals surface area contributed by atoms with Gasteiger partial charge in [0.1, 0.15) is 13.2 Å². The number of aliphatic carboxylic acids is 1. The minimum Gasteiger partial charge on any atom is -0.545 e. The highest BCUT2D eigenvalue weighted by atomic mass is 16.7. The molecule has 9 nitrogen and oxygen atoms in total. The molecule has 2 unspecified atom stereocenters. The number of rotatable bonds is 63. The van der Waals surface area contributed by atoms with Gasteiger partial charge in [-0.05, 0) is 12.8 Å². The largest absolute Gasteiger partial charge is 0.545 e. The van der Waals surface area contributed by atoms with Gasteiger partial charge in [-0.1, -0.05) is 322 Å². The number of carboxylic acids is 1. The lowest BCUT2D eigenvalue weighted by atomic mass is 10.0. The van der Waals surface area contributed by atoms with Gasteiger partial charge in [0.2, 0.25) is 0 Å². The van der Waals surface area contributed by atoms with Gasteiger partial charge in [-0.15, -0.1) is 0 Å². The summed E-state index contributed by atoms with van der Waals surface area (Å²) in [5.41, 5.74) is 0. The lowest BCUT2D eigenvalue weighted by Crippen LogP contribution is -2.44. The Morgan fingerprint density at radius 1 is 0.347 bits per heavy atom. The molecule has 0 fully saturated rings. The predicted molar refractivity (Wildman–Crippen MR) is 316 cm³/mol. The van der Waals surface area contributed by atoms with Crippen LogP contribution in [-0.4, -0.2) is 82.3 Å². The monoisotopic (exact) mass is 1060 g/mol. The Labute approximate surface area is 466 Å². The van der Waals surface area contributed by atoms with E-state index in [0.717, 1.165) is 38.5 Å². The molecule has 0 N–H and O–H groups in total. The van der Waals surface area contributed by atoms with E-state index in [9.17, 15) is 19.5 Å². The number of likely N-dealkylation sites (N-methyl/N-ethyl adjacent to an activating group) is 1. The highest BCUT2D eigenvalue weighted by molar-refractivity contribution is 5.70. The number of esters is 2. The summed E-state index contributed by atoms with van der Waals surface area (Å²) in [6.07, 6.45) is 64.8. The third-order valence-corrected chi connectivity index (χ3v) is 15.4. The molecule has 0 aromatic carbocycles. The first-order valence-corrected chi connectivity index (χ1v) is 33.2. The first kappa shape index (κ1) is 73.3. The third kappa shape index (κ3) is 59.8. The fourth-order valence-electron chi connectivity index (χ4n) is 10.2. The van der Waals surface area contributed by atoms with Crippen molar-refractivity contribution in [3.8, 4) is 0 Å². The number of quaternary nitrogens is 1. The van der Waals surface area contributed by atoms with Gasteiger partial charge in [0.15, 0.2) is 12.4 Å². The maximum absolute atomic E-state index is 12.9. The maximum atomic E-state index is 12.9. The number of ether oxygens (including phenoxy) is 4. The molecule has 0 aliphatic rings. The summed E-state index contributed by atoms with van der Waals surface area (Å²) >= 11 is 0. The van der Waals surface area contributed by atoms with E-state index in [1.807, 2.05) is 21.1 Å². The van der Waals surface area contributed by atoms with Crippen LogP contribution in [0.5, 0.6) is 0 Å². The number of nitrogens with zero attached hydrogens (tertiary/aromatic N) is 1. The van der Waals surface area contributed by atoms with E-state index in [0.29, 0.717) is 17.4 Å². The lowest BCUT2D eigenvalue weighted by molar-refractivity contribution is -0.870. The van der Waals surface area contributed by atoms with E-state index in [-0.39, 0.29) is 32.2 Å². The van der Waals surface area contributed by atoms with Crippen molar-refractivity contribution >= 4 is 17.9 Å². The summed E-state index contributed by atoms with van der Waals surface area (Å²) in [7, 11) is 5.94. The Morgan fingerprint density at radius 3 is 0.853 bits per heavy atom. The van der Waals surface area contributed by atoms with Gasteiger partial charge in [0, 0.05) is 12.8 Å². The van der Waals surface area contributed by atoms with Crippen molar-refractivity contribution in [2.45, 2.75) is 360 Å². The van der Waals surface area contributed by atoms with Gasteiger partial charge < -0.3 is 33.3 Å². The molecule has 0 aromatic heterocycles. The fourth-order valence-corrected chi connectivity index (χ4v) is 10.2. The molecule has 0 spiro atoms. The SMILES string of the molecule is CCCCCCCCCCCCCCCCCCCCCCCCCCCCCCCCCCCCCC(=O)OC(COC(=O)CCCCCCCCCCCCCCCCC)COC(OCC[N+](C)(C)C)C(=O)[O-]. The summed E-state index contributed by atoms with van der Waals surface area (Å²) in [4.78, 5) is 37.3. The standard InChI is InChI=1S/C66H129NO8/c1-6-8-10-12-14-16-18-20-22-23-24-25-26-27-28-29-30-31-32-33-34-35-36-37-38-39-40-41-43-45-47-49-51-53-55-57-64(69)75-62(61-74-66(65(70)71)72-59-58-67(3,4)5)60-73-63(68)56-54-52-50-48-46-44-42-21-19-17-15-13-11-9-7-2/h62,66H,6-61H2,1-5H3. The fraction of sp³-hybridized carbons (Fsp3) is 0.955. The Balaban J connectivity index is 3.96. The van der Waals surface area contributed by atoms with Crippen LogP contribution in [0.2, 0.25) is 0 Å². The highest BCUT2D eigenvalue weighted by Gasteiger charge is 2.22. The van der Waals surface area contributed by atoms with Crippen molar-refractivity contribution in [3.05, 3.63) is 0 Å².